The molecule has 9 heteroatoms. The van der Waals surface area contributed by atoms with E-state index in [0.29, 0.717) is 32.1 Å². The van der Waals surface area contributed by atoms with Crippen molar-refractivity contribution in [1.29, 1.82) is 0 Å². The molecule has 0 spiro atoms. The lowest BCUT2D eigenvalue weighted by molar-refractivity contribution is -0.137. The Kier molecular flexibility index (Phi) is 6.25. The molecule has 33 heavy (non-hydrogen) atoms. The van der Waals surface area contributed by atoms with E-state index in [1.807, 2.05) is 6.07 Å². The van der Waals surface area contributed by atoms with Gasteiger partial charge in [-0.15, -0.1) is 0 Å². The van der Waals surface area contributed by atoms with Gasteiger partial charge in [0, 0.05) is 32.4 Å². The average Bonchev–Trinajstić information content (AvgIpc) is 2.78. The minimum absolute atomic E-state index is 0.135. The number of carbonyl (C=O) groups excluding carboxylic acids is 2. The van der Waals surface area contributed by atoms with Gasteiger partial charge in [0.25, 0.3) is 0 Å². The standard InChI is InChI=1S/C24H32N6O3/c1-16-4-5-18-15-19(7-6-17(18)14-16)30-9-8-20(27-23(30)33)26-22(32)29-12-10-28(11-13-29)21(31)24(2,3)25/h6-9,15-16H,4-5,10-14,25H2,1-3H3,(H,26,27,32,33). The van der Waals surface area contributed by atoms with E-state index in [9.17, 15) is 14.4 Å². The Hall–Kier alpha value is -3.20. The largest absolute Gasteiger partial charge is 0.354 e. The van der Waals surface area contributed by atoms with Gasteiger partial charge in [-0.1, -0.05) is 13.0 Å². The number of hydrogen-bond donors (Lipinski definition) is 2. The van der Waals surface area contributed by atoms with E-state index in [-0.39, 0.29) is 17.8 Å². The summed E-state index contributed by atoms with van der Waals surface area (Å²) in [6, 6.07) is 7.38. The molecule has 1 aliphatic heterocycles. The SMILES string of the molecule is CC1CCc2cc(-n3ccc(NC(=O)N4CCN(C(=O)C(C)(C)N)CC4)nc3=O)ccc2C1. The average molecular weight is 453 g/mol. The van der Waals surface area contributed by atoms with Crippen molar-refractivity contribution in [2.45, 2.75) is 45.6 Å². The Morgan fingerprint density at radius 2 is 1.79 bits per heavy atom. The Balaban J connectivity index is 1.40. The summed E-state index contributed by atoms with van der Waals surface area (Å²) in [5.41, 5.74) is 7.92. The second kappa shape index (κ2) is 8.97. The smallest absolute Gasteiger partial charge is 0.338 e. The summed E-state index contributed by atoms with van der Waals surface area (Å²) >= 11 is 0. The molecule has 2 aliphatic rings. The molecule has 2 heterocycles. The number of aryl methyl sites for hydroxylation is 1. The lowest BCUT2D eigenvalue weighted by Gasteiger charge is -2.37. The third kappa shape index (κ3) is 5.08. The van der Waals surface area contributed by atoms with Gasteiger partial charge in [-0.2, -0.15) is 4.98 Å². The van der Waals surface area contributed by atoms with Crippen LogP contribution in [0.15, 0.2) is 35.3 Å². The van der Waals surface area contributed by atoms with Gasteiger partial charge in [-0.05, 0) is 68.4 Å². The molecule has 1 aromatic carbocycles. The molecule has 3 N–H and O–H groups in total. The molecule has 0 radical (unpaired) electrons. The van der Waals surface area contributed by atoms with Crippen LogP contribution in [0.4, 0.5) is 10.6 Å². The highest BCUT2D eigenvalue weighted by molar-refractivity contribution is 5.89. The third-order valence-electron chi connectivity index (χ3n) is 6.39. The Bertz CT molecular complexity index is 1110. The molecule has 1 saturated heterocycles. The number of fused-ring (bicyclic) bond motifs is 1. The summed E-state index contributed by atoms with van der Waals surface area (Å²) in [5, 5.41) is 2.69. The predicted octanol–water partition coefficient (Wildman–Crippen LogP) is 1.77. The number of carbonyl (C=O) groups is 2. The van der Waals surface area contributed by atoms with Gasteiger partial charge in [0.1, 0.15) is 5.82 Å². The van der Waals surface area contributed by atoms with Crippen molar-refractivity contribution < 1.29 is 9.59 Å². The van der Waals surface area contributed by atoms with E-state index in [2.05, 4.69) is 29.4 Å². The van der Waals surface area contributed by atoms with Crippen LogP contribution in [0.3, 0.4) is 0 Å². The second-order valence-corrected chi connectivity index (χ2v) is 9.70. The quantitative estimate of drug-likeness (QED) is 0.737. The topological polar surface area (TPSA) is 114 Å². The fourth-order valence-corrected chi connectivity index (χ4v) is 4.45. The van der Waals surface area contributed by atoms with E-state index in [1.54, 1.807) is 35.9 Å². The van der Waals surface area contributed by atoms with Crippen LogP contribution in [0.1, 0.15) is 38.3 Å². The molecule has 1 fully saturated rings. The van der Waals surface area contributed by atoms with Crippen molar-refractivity contribution in [3.63, 3.8) is 0 Å². The predicted molar refractivity (Wildman–Crippen MR) is 126 cm³/mol. The molecule has 1 atom stereocenters. The molecule has 1 aromatic heterocycles. The maximum Gasteiger partial charge on any atom is 0.354 e. The molecule has 0 bridgehead atoms. The van der Waals surface area contributed by atoms with Crippen LogP contribution in [-0.4, -0.2) is 63.0 Å². The van der Waals surface area contributed by atoms with Crippen molar-refractivity contribution in [1.82, 2.24) is 19.4 Å². The minimum Gasteiger partial charge on any atom is -0.338 e. The minimum atomic E-state index is -0.936. The molecule has 1 aliphatic carbocycles. The van der Waals surface area contributed by atoms with Gasteiger partial charge >= 0.3 is 11.7 Å². The van der Waals surface area contributed by atoms with Gasteiger partial charge in [0.15, 0.2) is 0 Å². The van der Waals surface area contributed by atoms with E-state index in [0.717, 1.165) is 24.9 Å². The van der Waals surface area contributed by atoms with Gasteiger partial charge in [-0.3, -0.25) is 14.7 Å². The number of aromatic nitrogens is 2. The number of rotatable bonds is 3. The van der Waals surface area contributed by atoms with E-state index >= 15 is 0 Å². The number of nitrogens with zero attached hydrogens (tertiary/aromatic N) is 4. The number of nitrogens with one attached hydrogen (secondary N) is 1. The van der Waals surface area contributed by atoms with E-state index in [4.69, 9.17) is 5.73 Å². The number of anilines is 1. The summed E-state index contributed by atoms with van der Waals surface area (Å²) in [6.45, 7) is 7.22. The lowest BCUT2D eigenvalue weighted by Crippen LogP contribution is -2.58. The zero-order valence-electron chi connectivity index (χ0n) is 19.5. The fourth-order valence-electron chi connectivity index (χ4n) is 4.45. The molecular weight excluding hydrogens is 420 g/mol. The van der Waals surface area contributed by atoms with Crippen molar-refractivity contribution in [3.05, 3.63) is 52.1 Å². The van der Waals surface area contributed by atoms with Crippen LogP contribution < -0.4 is 16.7 Å². The van der Waals surface area contributed by atoms with Gasteiger partial charge in [0.2, 0.25) is 5.91 Å². The highest BCUT2D eigenvalue weighted by Crippen LogP contribution is 2.26. The summed E-state index contributed by atoms with van der Waals surface area (Å²) in [4.78, 5) is 44.9. The van der Waals surface area contributed by atoms with E-state index < -0.39 is 11.2 Å². The number of urea groups is 1. The fraction of sp³-hybridized carbons (Fsp3) is 0.500. The van der Waals surface area contributed by atoms with Gasteiger partial charge in [0.05, 0.1) is 11.2 Å². The first-order chi connectivity index (χ1) is 15.6. The van der Waals surface area contributed by atoms with Crippen molar-refractivity contribution in [2.75, 3.05) is 31.5 Å². The highest BCUT2D eigenvalue weighted by atomic mass is 16.2. The van der Waals surface area contributed by atoms with Crippen molar-refractivity contribution in [2.24, 2.45) is 11.7 Å². The molecule has 2 aromatic rings. The first-order valence-corrected chi connectivity index (χ1v) is 11.5. The molecule has 9 nitrogen and oxygen atoms in total. The van der Waals surface area contributed by atoms with Crippen LogP contribution >= 0.6 is 0 Å². The maximum atomic E-state index is 12.7. The Morgan fingerprint density at radius 3 is 2.45 bits per heavy atom. The van der Waals surface area contributed by atoms with E-state index in [1.165, 1.54) is 15.7 Å². The number of benzene rings is 1. The Morgan fingerprint density at radius 1 is 1.09 bits per heavy atom. The maximum absolute atomic E-state index is 12.7. The summed E-state index contributed by atoms with van der Waals surface area (Å²) < 4.78 is 1.49. The third-order valence-corrected chi connectivity index (χ3v) is 6.39. The molecular formula is C24H32N6O3. The number of amides is 3. The number of piperazine rings is 1. The second-order valence-electron chi connectivity index (χ2n) is 9.70. The van der Waals surface area contributed by atoms with Crippen LogP contribution in [-0.2, 0) is 17.6 Å². The summed E-state index contributed by atoms with van der Waals surface area (Å²) in [5.74, 6) is 0.755. The molecule has 4 rings (SSSR count). The molecule has 176 valence electrons. The lowest BCUT2D eigenvalue weighted by atomic mass is 9.85. The van der Waals surface area contributed by atoms with Gasteiger partial charge in [-0.25, -0.2) is 9.59 Å². The van der Waals surface area contributed by atoms with Crippen molar-refractivity contribution >= 4 is 17.8 Å². The van der Waals surface area contributed by atoms with Crippen LogP contribution in [0.2, 0.25) is 0 Å². The van der Waals surface area contributed by atoms with Crippen molar-refractivity contribution in [3.8, 4) is 5.69 Å². The Labute approximate surface area is 193 Å². The van der Waals surface area contributed by atoms with Crippen LogP contribution in [0, 0.1) is 5.92 Å². The number of nitrogens with two attached hydrogens (primary N) is 1. The first kappa shape index (κ1) is 23.0. The normalized spacial score (nSPS) is 18.6. The van der Waals surface area contributed by atoms with Crippen LogP contribution in [0.5, 0.6) is 0 Å². The summed E-state index contributed by atoms with van der Waals surface area (Å²) in [7, 11) is 0. The monoisotopic (exact) mass is 452 g/mol. The van der Waals surface area contributed by atoms with Crippen LogP contribution in [0.25, 0.3) is 5.69 Å². The number of hydrogen-bond acceptors (Lipinski definition) is 5. The molecule has 1 unspecified atom stereocenters. The molecule has 3 amide bonds. The highest BCUT2D eigenvalue weighted by Gasteiger charge is 2.31. The van der Waals surface area contributed by atoms with Gasteiger partial charge < -0.3 is 15.5 Å². The zero-order chi connectivity index (χ0) is 23.8. The summed E-state index contributed by atoms with van der Waals surface area (Å²) in [6.07, 6.45) is 4.88. The first-order valence-electron chi connectivity index (χ1n) is 11.5. The molecule has 0 saturated carbocycles. The zero-order valence-corrected chi connectivity index (χ0v) is 19.5.